The number of anilines is 1. The molecule has 0 fully saturated rings. The van der Waals surface area contributed by atoms with Crippen LogP contribution in [0.4, 0.5) is 5.69 Å². The maximum absolute atomic E-state index is 5.54. The standard InChI is InChI=1S/C4H5N7/c5-3-1-6-2-4(3)11-9-7-8-10-11/h1-2,6H,5H2. The van der Waals surface area contributed by atoms with Crippen LogP contribution in [0.3, 0.4) is 0 Å². The van der Waals surface area contributed by atoms with Gasteiger partial charge in [-0.05, 0) is 20.9 Å². The molecule has 3 N–H and O–H groups in total. The van der Waals surface area contributed by atoms with Gasteiger partial charge in [-0.3, -0.25) is 0 Å². The predicted molar refractivity (Wildman–Crippen MR) is 35.7 cm³/mol. The van der Waals surface area contributed by atoms with E-state index in [1.807, 2.05) is 0 Å². The molecule has 0 radical (unpaired) electrons. The van der Waals surface area contributed by atoms with Crippen molar-refractivity contribution in [2.75, 3.05) is 5.73 Å². The maximum atomic E-state index is 5.54. The van der Waals surface area contributed by atoms with Gasteiger partial charge in [-0.25, -0.2) is 0 Å². The number of rotatable bonds is 1. The van der Waals surface area contributed by atoms with Gasteiger partial charge in [0, 0.05) is 12.4 Å². The number of nitrogens with zero attached hydrogens (tertiary/aromatic N) is 5. The molecule has 56 valence electrons. The third-order valence-corrected chi connectivity index (χ3v) is 1.26. The van der Waals surface area contributed by atoms with Gasteiger partial charge in [0.2, 0.25) is 0 Å². The van der Waals surface area contributed by atoms with Crippen molar-refractivity contribution in [3.63, 3.8) is 0 Å². The van der Waals surface area contributed by atoms with E-state index in [4.69, 9.17) is 5.73 Å². The molecule has 0 unspecified atom stereocenters. The Labute approximate surface area is 61.2 Å². The summed E-state index contributed by atoms with van der Waals surface area (Å²) in [4.78, 5) is 4.05. The molecule has 0 saturated carbocycles. The second-order valence-corrected chi connectivity index (χ2v) is 1.94. The van der Waals surface area contributed by atoms with Gasteiger partial charge in [0.25, 0.3) is 0 Å². The Morgan fingerprint density at radius 3 is 2.55 bits per heavy atom. The Morgan fingerprint density at radius 2 is 2.00 bits per heavy atom. The monoisotopic (exact) mass is 151 g/mol. The fraction of sp³-hybridized carbons (Fsp3) is 0. The summed E-state index contributed by atoms with van der Waals surface area (Å²) in [6.07, 6.45) is 3.30. The molecular formula is C4H5N7. The van der Waals surface area contributed by atoms with Gasteiger partial charge in [0.15, 0.2) is 0 Å². The normalized spacial score (nSPS) is 10.2. The van der Waals surface area contributed by atoms with Crippen LogP contribution in [0, 0.1) is 0 Å². The largest absolute Gasteiger partial charge is 0.396 e. The number of aromatic amines is 1. The van der Waals surface area contributed by atoms with Crippen LogP contribution < -0.4 is 5.73 Å². The Kier molecular flexibility index (Phi) is 1.08. The number of hydrogen-bond donors (Lipinski definition) is 2. The molecule has 0 bridgehead atoms. The Balaban J connectivity index is 2.53. The number of nitrogens with two attached hydrogens (primary N) is 1. The van der Waals surface area contributed by atoms with E-state index in [9.17, 15) is 0 Å². The number of nitrogens with one attached hydrogen (secondary N) is 1. The second-order valence-electron chi connectivity index (χ2n) is 1.94. The van der Waals surface area contributed by atoms with Crippen molar-refractivity contribution in [3.05, 3.63) is 12.4 Å². The Hall–Kier alpha value is -1.92. The molecule has 2 aromatic rings. The zero-order chi connectivity index (χ0) is 7.68. The van der Waals surface area contributed by atoms with E-state index in [-0.39, 0.29) is 0 Å². The van der Waals surface area contributed by atoms with E-state index in [0.717, 1.165) is 0 Å². The van der Waals surface area contributed by atoms with Crippen LogP contribution in [0.1, 0.15) is 0 Å². The summed E-state index contributed by atoms with van der Waals surface area (Å²) in [6.45, 7) is 0. The van der Waals surface area contributed by atoms with E-state index >= 15 is 0 Å². The highest BCUT2D eigenvalue weighted by atomic mass is 15.7. The zero-order valence-electron chi connectivity index (χ0n) is 5.47. The van der Waals surface area contributed by atoms with Crippen molar-refractivity contribution in [2.24, 2.45) is 0 Å². The minimum Gasteiger partial charge on any atom is -0.396 e. The number of H-pyrrole nitrogens is 1. The third kappa shape index (κ3) is 0.820. The first kappa shape index (κ1) is 5.83. The minimum absolute atomic E-state index is 0.560. The van der Waals surface area contributed by atoms with Crippen LogP contribution in [-0.4, -0.2) is 30.6 Å². The SMILES string of the molecule is Nc1c[nH]cc1-n1nnnn1. The van der Waals surface area contributed by atoms with Crippen molar-refractivity contribution in [2.45, 2.75) is 0 Å². The van der Waals surface area contributed by atoms with Gasteiger partial charge < -0.3 is 10.7 Å². The molecule has 2 aromatic heterocycles. The molecular weight excluding hydrogens is 146 g/mol. The van der Waals surface area contributed by atoms with Gasteiger partial charge in [0.1, 0.15) is 5.69 Å². The molecule has 0 aliphatic rings. The van der Waals surface area contributed by atoms with Gasteiger partial charge in [-0.1, -0.05) is 0 Å². The van der Waals surface area contributed by atoms with E-state index in [1.165, 1.54) is 4.80 Å². The minimum atomic E-state index is 0.560. The Bertz CT molecular complexity index is 333. The van der Waals surface area contributed by atoms with Gasteiger partial charge in [-0.15, -0.1) is 4.80 Å². The lowest BCUT2D eigenvalue weighted by atomic mass is 10.5. The molecule has 7 heteroatoms. The molecule has 0 amide bonds. The molecule has 2 heterocycles. The average Bonchev–Trinajstić information content (AvgIpc) is 2.55. The summed E-state index contributed by atoms with van der Waals surface area (Å²) in [5.41, 5.74) is 6.75. The zero-order valence-corrected chi connectivity index (χ0v) is 5.47. The first-order valence-corrected chi connectivity index (χ1v) is 2.92. The first-order valence-electron chi connectivity index (χ1n) is 2.92. The summed E-state index contributed by atoms with van der Waals surface area (Å²) in [7, 11) is 0. The summed E-state index contributed by atoms with van der Waals surface area (Å²) >= 11 is 0. The quantitative estimate of drug-likeness (QED) is 0.542. The highest BCUT2D eigenvalue weighted by Crippen LogP contribution is 2.11. The summed E-state index contributed by atoms with van der Waals surface area (Å²) in [6, 6.07) is 0. The first-order chi connectivity index (χ1) is 5.38. The summed E-state index contributed by atoms with van der Waals surface area (Å²) < 4.78 is 0. The fourth-order valence-electron chi connectivity index (χ4n) is 0.767. The molecule has 0 spiro atoms. The third-order valence-electron chi connectivity index (χ3n) is 1.26. The molecule has 0 saturated heterocycles. The van der Waals surface area contributed by atoms with Crippen LogP contribution in [-0.2, 0) is 0 Å². The van der Waals surface area contributed by atoms with Crippen LogP contribution in [0.25, 0.3) is 5.69 Å². The van der Waals surface area contributed by atoms with Crippen LogP contribution >= 0.6 is 0 Å². The highest BCUT2D eigenvalue weighted by Gasteiger charge is 2.03. The van der Waals surface area contributed by atoms with Crippen molar-refractivity contribution >= 4 is 5.69 Å². The van der Waals surface area contributed by atoms with E-state index in [2.05, 4.69) is 25.8 Å². The van der Waals surface area contributed by atoms with E-state index in [0.29, 0.717) is 11.4 Å². The molecule has 7 nitrogen and oxygen atoms in total. The number of nitrogen functional groups attached to an aromatic ring is 1. The maximum Gasteiger partial charge on any atom is 0.130 e. The van der Waals surface area contributed by atoms with E-state index < -0.39 is 0 Å². The Morgan fingerprint density at radius 1 is 1.27 bits per heavy atom. The molecule has 0 aliphatic heterocycles. The van der Waals surface area contributed by atoms with Crippen LogP contribution in [0.2, 0.25) is 0 Å². The molecule has 0 aliphatic carbocycles. The lowest BCUT2D eigenvalue weighted by Crippen LogP contribution is -2.00. The van der Waals surface area contributed by atoms with Gasteiger partial charge in [0.05, 0.1) is 5.69 Å². The highest BCUT2D eigenvalue weighted by molar-refractivity contribution is 5.54. The van der Waals surface area contributed by atoms with Gasteiger partial charge in [-0.2, -0.15) is 0 Å². The van der Waals surface area contributed by atoms with Crippen molar-refractivity contribution < 1.29 is 0 Å². The molecule has 2 rings (SSSR count). The van der Waals surface area contributed by atoms with Crippen LogP contribution in [0.5, 0.6) is 0 Å². The number of aromatic nitrogens is 6. The lowest BCUT2D eigenvalue weighted by molar-refractivity contribution is 0.714. The van der Waals surface area contributed by atoms with Crippen molar-refractivity contribution in [1.29, 1.82) is 0 Å². The topological polar surface area (TPSA) is 98.3 Å². The second kappa shape index (κ2) is 2.04. The molecule has 11 heavy (non-hydrogen) atoms. The van der Waals surface area contributed by atoms with Crippen molar-refractivity contribution in [1.82, 2.24) is 30.6 Å². The molecule has 0 atom stereocenters. The smallest absolute Gasteiger partial charge is 0.130 e. The molecule has 0 aromatic carbocycles. The fourth-order valence-corrected chi connectivity index (χ4v) is 0.767. The average molecular weight is 151 g/mol. The van der Waals surface area contributed by atoms with Gasteiger partial charge >= 0.3 is 0 Å². The summed E-state index contributed by atoms with van der Waals surface area (Å²) in [5.74, 6) is 0. The van der Waals surface area contributed by atoms with Crippen LogP contribution in [0.15, 0.2) is 12.4 Å². The van der Waals surface area contributed by atoms with Crippen molar-refractivity contribution in [3.8, 4) is 5.69 Å². The van der Waals surface area contributed by atoms with E-state index in [1.54, 1.807) is 12.4 Å². The number of hydrogen-bond acceptors (Lipinski definition) is 5. The summed E-state index contributed by atoms with van der Waals surface area (Å²) in [5, 5.41) is 13.7. The predicted octanol–water partition coefficient (Wildman–Crippen LogP) is -1.03. The lowest BCUT2D eigenvalue weighted by Gasteiger charge is -1.91.